The van der Waals surface area contributed by atoms with Gasteiger partial charge in [0.05, 0.1) is 11.3 Å². The summed E-state index contributed by atoms with van der Waals surface area (Å²) in [6.07, 6.45) is 11.9. The van der Waals surface area contributed by atoms with Crippen molar-refractivity contribution in [2.24, 2.45) is 5.92 Å². The van der Waals surface area contributed by atoms with Gasteiger partial charge in [-0.2, -0.15) is 0 Å². The molecular formula is C14H17NO2. The number of hydrogen-bond donors (Lipinski definition) is 1. The number of rotatable bonds is 3. The lowest BCUT2D eigenvalue weighted by Crippen LogP contribution is -2.04. The van der Waals surface area contributed by atoms with Gasteiger partial charge in [-0.15, -0.1) is 0 Å². The molecule has 0 atom stereocenters. The Morgan fingerprint density at radius 3 is 2.82 bits per heavy atom. The molecule has 90 valence electrons. The molecular weight excluding hydrogens is 214 g/mol. The molecule has 0 spiro atoms. The van der Waals surface area contributed by atoms with Gasteiger partial charge in [-0.05, 0) is 37.0 Å². The van der Waals surface area contributed by atoms with Gasteiger partial charge in [0.25, 0.3) is 0 Å². The van der Waals surface area contributed by atoms with Crippen molar-refractivity contribution in [2.45, 2.75) is 32.1 Å². The normalized spacial score (nSPS) is 17.4. The van der Waals surface area contributed by atoms with Gasteiger partial charge in [-0.1, -0.05) is 25.3 Å². The molecule has 1 aromatic rings. The zero-order valence-corrected chi connectivity index (χ0v) is 9.80. The van der Waals surface area contributed by atoms with Gasteiger partial charge in [-0.3, -0.25) is 4.98 Å². The molecule has 1 aliphatic carbocycles. The molecule has 0 saturated heterocycles. The minimum atomic E-state index is -0.915. The molecule has 1 N–H and O–H groups in total. The van der Waals surface area contributed by atoms with Gasteiger partial charge < -0.3 is 5.11 Å². The predicted molar refractivity (Wildman–Crippen MR) is 66.8 cm³/mol. The highest BCUT2D eigenvalue weighted by atomic mass is 16.4. The van der Waals surface area contributed by atoms with Gasteiger partial charge in [0, 0.05) is 6.20 Å². The summed E-state index contributed by atoms with van der Waals surface area (Å²) in [5, 5.41) is 9.03. The maximum absolute atomic E-state index is 11.0. The molecule has 0 radical (unpaired) electrons. The molecule has 1 aromatic heterocycles. The van der Waals surface area contributed by atoms with Crippen LogP contribution in [0.25, 0.3) is 6.08 Å². The molecule has 0 aromatic carbocycles. The van der Waals surface area contributed by atoms with E-state index in [2.05, 4.69) is 11.1 Å². The van der Waals surface area contributed by atoms with Gasteiger partial charge >= 0.3 is 5.97 Å². The van der Waals surface area contributed by atoms with Crippen LogP contribution in [-0.2, 0) is 0 Å². The first-order valence-corrected chi connectivity index (χ1v) is 6.14. The number of carboxylic acids is 1. The number of hydrogen-bond acceptors (Lipinski definition) is 2. The van der Waals surface area contributed by atoms with Crippen LogP contribution in [0.15, 0.2) is 24.4 Å². The highest BCUT2D eigenvalue weighted by Crippen LogP contribution is 2.25. The first kappa shape index (κ1) is 11.8. The van der Waals surface area contributed by atoms with Crippen LogP contribution in [0.2, 0.25) is 0 Å². The van der Waals surface area contributed by atoms with Crippen LogP contribution in [0.4, 0.5) is 0 Å². The van der Waals surface area contributed by atoms with Gasteiger partial charge in [0.2, 0.25) is 0 Å². The standard InChI is InChI=1S/C14H17NO2/c16-14(17)12-7-4-10-15-13(12)9-8-11-5-2-1-3-6-11/h4,7-11H,1-3,5-6H2,(H,16,17)/b9-8+. The topological polar surface area (TPSA) is 50.2 Å². The largest absolute Gasteiger partial charge is 0.478 e. The monoisotopic (exact) mass is 231 g/mol. The average molecular weight is 231 g/mol. The smallest absolute Gasteiger partial charge is 0.337 e. The van der Waals surface area contributed by atoms with Crippen LogP contribution < -0.4 is 0 Å². The molecule has 0 unspecified atom stereocenters. The second-order valence-corrected chi connectivity index (χ2v) is 4.50. The van der Waals surface area contributed by atoms with Gasteiger partial charge in [-0.25, -0.2) is 4.79 Å². The van der Waals surface area contributed by atoms with E-state index < -0.39 is 5.97 Å². The summed E-state index contributed by atoms with van der Waals surface area (Å²) in [6.45, 7) is 0. The Hall–Kier alpha value is -1.64. The lowest BCUT2D eigenvalue weighted by molar-refractivity contribution is 0.0696. The summed E-state index contributed by atoms with van der Waals surface area (Å²) >= 11 is 0. The number of aromatic nitrogens is 1. The zero-order valence-electron chi connectivity index (χ0n) is 9.80. The number of allylic oxidation sites excluding steroid dienone is 1. The lowest BCUT2D eigenvalue weighted by Gasteiger charge is -2.17. The van der Waals surface area contributed by atoms with Crippen molar-refractivity contribution >= 4 is 12.0 Å². The maximum Gasteiger partial charge on any atom is 0.337 e. The summed E-state index contributed by atoms with van der Waals surface area (Å²) in [5.41, 5.74) is 0.838. The predicted octanol–water partition coefficient (Wildman–Crippen LogP) is 3.37. The molecule has 2 rings (SSSR count). The summed E-state index contributed by atoms with van der Waals surface area (Å²) < 4.78 is 0. The Morgan fingerprint density at radius 2 is 2.12 bits per heavy atom. The van der Waals surface area contributed by atoms with Crippen molar-refractivity contribution in [3.8, 4) is 0 Å². The van der Waals surface area contributed by atoms with Crippen molar-refractivity contribution in [1.82, 2.24) is 4.98 Å². The van der Waals surface area contributed by atoms with Gasteiger partial charge in [0.1, 0.15) is 0 Å². The third-order valence-corrected chi connectivity index (χ3v) is 3.25. The highest BCUT2D eigenvalue weighted by molar-refractivity contribution is 5.91. The third kappa shape index (κ3) is 3.16. The second-order valence-electron chi connectivity index (χ2n) is 4.50. The van der Waals surface area contributed by atoms with E-state index >= 15 is 0 Å². The average Bonchev–Trinajstić information content (AvgIpc) is 2.38. The number of nitrogens with zero attached hydrogens (tertiary/aromatic N) is 1. The minimum Gasteiger partial charge on any atom is -0.478 e. The summed E-state index contributed by atoms with van der Waals surface area (Å²) in [5.74, 6) is -0.325. The summed E-state index contributed by atoms with van der Waals surface area (Å²) in [7, 11) is 0. The Kier molecular flexibility index (Phi) is 3.91. The van der Waals surface area contributed by atoms with E-state index in [4.69, 9.17) is 5.11 Å². The molecule has 1 aliphatic rings. The molecule has 0 amide bonds. The highest BCUT2D eigenvalue weighted by Gasteiger charge is 2.11. The fourth-order valence-electron chi connectivity index (χ4n) is 2.29. The Bertz CT molecular complexity index is 420. The number of pyridine rings is 1. The zero-order chi connectivity index (χ0) is 12.1. The van der Waals surface area contributed by atoms with E-state index in [1.54, 1.807) is 18.3 Å². The second kappa shape index (κ2) is 5.62. The van der Waals surface area contributed by atoms with Crippen molar-refractivity contribution in [3.63, 3.8) is 0 Å². The van der Waals surface area contributed by atoms with Crippen LogP contribution in [0.5, 0.6) is 0 Å². The molecule has 1 heterocycles. The number of carbonyl (C=O) groups is 1. The van der Waals surface area contributed by atoms with Crippen LogP contribution in [0, 0.1) is 5.92 Å². The summed E-state index contributed by atoms with van der Waals surface area (Å²) in [4.78, 5) is 15.1. The molecule has 1 fully saturated rings. The quantitative estimate of drug-likeness (QED) is 0.867. The molecule has 17 heavy (non-hydrogen) atoms. The fourth-order valence-corrected chi connectivity index (χ4v) is 2.29. The first-order chi connectivity index (χ1) is 8.27. The number of aromatic carboxylic acids is 1. The van der Waals surface area contributed by atoms with Crippen LogP contribution in [0.1, 0.15) is 48.2 Å². The molecule has 0 aliphatic heterocycles. The Morgan fingerprint density at radius 1 is 1.35 bits per heavy atom. The molecule has 0 bridgehead atoms. The van der Waals surface area contributed by atoms with Crippen LogP contribution >= 0.6 is 0 Å². The van der Waals surface area contributed by atoms with E-state index in [0.29, 0.717) is 11.6 Å². The molecule has 3 nitrogen and oxygen atoms in total. The number of carboxylic acid groups (broad SMARTS) is 1. The van der Waals surface area contributed by atoms with Crippen molar-refractivity contribution in [1.29, 1.82) is 0 Å². The van der Waals surface area contributed by atoms with Crippen LogP contribution in [0.3, 0.4) is 0 Å². The van der Waals surface area contributed by atoms with E-state index in [9.17, 15) is 4.79 Å². The van der Waals surface area contributed by atoms with E-state index in [1.807, 2.05) is 6.08 Å². The Balaban J connectivity index is 2.11. The van der Waals surface area contributed by atoms with Crippen LogP contribution in [-0.4, -0.2) is 16.1 Å². The van der Waals surface area contributed by atoms with Crippen molar-refractivity contribution < 1.29 is 9.90 Å². The molecule has 1 saturated carbocycles. The fraction of sp³-hybridized carbons (Fsp3) is 0.429. The van der Waals surface area contributed by atoms with Gasteiger partial charge in [0.15, 0.2) is 0 Å². The summed E-state index contributed by atoms with van der Waals surface area (Å²) in [6, 6.07) is 3.25. The lowest BCUT2D eigenvalue weighted by atomic mass is 9.89. The van der Waals surface area contributed by atoms with E-state index in [0.717, 1.165) is 0 Å². The van der Waals surface area contributed by atoms with Crippen molar-refractivity contribution in [3.05, 3.63) is 35.7 Å². The molecule has 3 heteroatoms. The third-order valence-electron chi connectivity index (χ3n) is 3.25. The van der Waals surface area contributed by atoms with E-state index in [-0.39, 0.29) is 5.56 Å². The van der Waals surface area contributed by atoms with E-state index in [1.165, 1.54) is 32.1 Å². The SMILES string of the molecule is O=C(O)c1cccnc1/C=C/C1CCCCC1. The Labute approximate surface area is 101 Å². The first-order valence-electron chi connectivity index (χ1n) is 6.14. The van der Waals surface area contributed by atoms with Crippen molar-refractivity contribution in [2.75, 3.05) is 0 Å². The maximum atomic E-state index is 11.0. The minimum absolute atomic E-state index is 0.277.